The highest BCUT2D eigenvalue weighted by atomic mass is 32.1. The fourth-order valence-electron chi connectivity index (χ4n) is 4.46. The molecule has 0 spiro atoms. The third kappa shape index (κ3) is 4.14. The second-order valence-corrected chi connectivity index (χ2v) is 9.42. The number of nitrogens with two attached hydrogens (primary N) is 1. The summed E-state index contributed by atoms with van der Waals surface area (Å²) in [6.45, 7) is 1.36. The van der Waals surface area contributed by atoms with Crippen LogP contribution >= 0.6 is 11.3 Å². The number of piperidine rings is 1. The first-order chi connectivity index (χ1) is 16.5. The molecule has 1 unspecified atom stereocenters. The molecule has 0 bridgehead atoms. The fraction of sp³-hybridized carbons (Fsp3) is 0.280. The van der Waals surface area contributed by atoms with Crippen molar-refractivity contribution in [3.05, 3.63) is 76.6 Å². The number of hydrogen-bond donors (Lipinski definition) is 2. The van der Waals surface area contributed by atoms with Gasteiger partial charge in [-0.15, -0.1) is 11.3 Å². The molecule has 34 heavy (non-hydrogen) atoms. The molecular formula is C25H26N6O2S. The lowest BCUT2D eigenvalue weighted by atomic mass is 9.97. The van der Waals surface area contributed by atoms with Crippen LogP contribution in [0.4, 0.5) is 5.69 Å². The molecule has 1 fully saturated rings. The van der Waals surface area contributed by atoms with E-state index >= 15 is 0 Å². The van der Waals surface area contributed by atoms with Gasteiger partial charge in [0, 0.05) is 36.9 Å². The highest BCUT2D eigenvalue weighted by Crippen LogP contribution is 2.36. The molecule has 8 nitrogen and oxygen atoms in total. The van der Waals surface area contributed by atoms with E-state index in [1.165, 1.54) is 11.3 Å². The van der Waals surface area contributed by atoms with Crippen LogP contribution < -0.4 is 11.1 Å². The van der Waals surface area contributed by atoms with Crippen molar-refractivity contribution in [2.24, 2.45) is 0 Å². The quantitative estimate of drug-likeness (QED) is 0.457. The monoisotopic (exact) mass is 474 g/mol. The summed E-state index contributed by atoms with van der Waals surface area (Å²) in [4.78, 5) is 33.6. The van der Waals surface area contributed by atoms with Crippen LogP contribution in [0.25, 0.3) is 10.2 Å². The van der Waals surface area contributed by atoms with Crippen LogP contribution in [0.15, 0.2) is 54.9 Å². The Balaban J connectivity index is 1.40. The largest absolute Gasteiger partial charge is 0.397 e. The van der Waals surface area contributed by atoms with Crippen LogP contribution in [0.1, 0.15) is 56.6 Å². The summed E-state index contributed by atoms with van der Waals surface area (Å²) in [5.41, 5.74) is 9.23. The SMILES string of the molecule is CNC(=O)c1sc2nc(C3CCCCN3C(=O)c3ccc(Cn4cccn4)cc3)ccc2c1N. The molecule has 4 heterocycles. The Morgan fingerprint density at radius 1 is 1.18 bits per heavy atom. The van der Waals surface area contributed by atoms with Crippen molar-refractivity contribution in [1.29, 1.82) is 0 Å². The number of pyridine rings is 1. The molecule has 0 aliphatic carbocycles. The van der Waals surface area contributed by atoms with Crippen molar-refractivity contribution in [3.63, 3.8) is 0 Å². The van der Waals surface area contributed by atoms with E-state index in [0.717, 1.165) is 40.7 Å². The average molecular weight is 475 g/mol. The maximum atomic E-state index is 13.5. The molecule has 2 amide bonds. The number of thiophene rings is 1. The predicted molar refractivity (Wildman–Crippen MR) is 133 cm³/mol. The molecule has 3 N–H and O–H groups in total. The van der Waals surface area contributed by atoms with Gasteiger partial charge in [-0.3, -0.25) is 14.3 Å². The number of nitrogens with zero attached hydrogens (tertiary/aromatic N) is 4. The van der Waals surface area contributed by atoms with Crippen molar-refractivity contribution in [2.45, 2.75) is 31.8 Å². The Labute approximate surface area is 201 Å². The lowest BCUT2D eigenvalue weighted by molar-refractivity contribution is 0.0606. The minimum atomic E-state index is -0.215. The van der Waals surface area contributed by atoms with E-state index in [0.29, 0.717) is 29.2 Å². The molecule has 0 saturated carbocycles. The van der Waals surface area contributed by atoms with Gasteiger partial charge in [-0.05, 0) is 55.2 Å². The second-order valence-electron chi connectivity index (χ2n) is 8.42. The second kappa shape index (κ2) is 9.26. The molecule has 1 saturated heterocycles. The van der Waals surface area contributed by atoms with E-state index in [9.17, 15) is 9.59 Å². The summed E-state index contributed by atoms with van der Waals surface area (Å²) in [7, 11) is 1.58. The van der Waals surface area contributed by atoms with E-state index in [1.54, 1.807) is 13.2 Å². The van der Waals surface area contributed by atoms with E-state index in [1.807, 2.05) is 58.2 Å². The topological polar surface area (TPSA) is 106 Å². The predicted octanol–water partition coefficient (Wildman–Crippen LogP) is 3.85. The number of hydrogen-bond acceptors (Lipinski definition) is 6. The number of likely N-dealkylation sites (tertiary alicyclic amines) is 1. The highest BCUT2D eigenvalue weighted by Gasteiger charge is 2.30. The third-order valence-corrected chi connectivity index (χ3v) is 7.37. The molecule has 1 atom stereocenters. The van der Waals surface area contributed by atoms with Crippen molar-refractivity contribution in [1.82, 2.24) is 25.0 Å². The zero-order valence-corrected chi connectivity index (χ0v) is 19.7. The maximum Gasteiger partial charge on any atom is 0.263 e. The zero-order valence-electron chi connectivity index (χ0n) is 18.9. The summed E-state index contributed by atoms with van der Waals surface area (Å²) >= 11 is 1.28. The van der Waals surface area contributed by atoms with Gasteiger partial charge in [0.05, 0.1) is 24.0 Å². The van der Waals surface area contributed by atoms with Crippen LogP contribution in [-0.4, -0.2) is 45.1 Å². The Morgan fingerprint density at radius 2 is 2.00 bits per heavy atom. The molecule has 9 heteroatoms. The van der Waals surface area contributed by atoms with E-state index in [2.05, 4.69) is 10.4 Å². The molecule has 1 aliphatic heterocycles. The number of fused-ring (bicyclic) bond motifs is 1. The van der Waals surface area contributed by atoms with Gasteiger partial charge in [-0.25, -0.2) is 4.98 Å². The van der Waals surface area contributed by atoms with Crippen molar-refractivity contribution in [3.8, 4) is 0 Å². The minimum Gasteiger partial charge on any atom is -0.397 e. The molecular weight excluding hydrogens is 448 g/mol. The number of aromatic nitrogens is 3. The standard InChI is InChI=1S/C25H26N6O2S/c1-27-23(32)22-21(26)18-10-11-19(29-24(18)34-22)20-5-2-3-14-31(20)25(33)17-8-6-16(7-9-17)15-30-13-4-12-28-30/h4,6-13,20H,2-3,5,14-15,26H2,1H3,(H,27,32). The molecule has 1 aromatic carbocycles. The smallest absolute Gasteiger partial charge is 0.263 e. The van der Waals surface area contributed by atoms with Gasteiger partial charge >= 0.3 is 0 Å². The molecule has 5 rings (SSSR count). The average Bonchev–Trinajstić information content (AvgIpc) is 3.51. The Morgan fingerprint density at radius 3 is 2.74 bits per heavy atom. The summed E-state index contributed by atoms with van der Waals surface area (Å²) < 4.78 is 1.85. The number of nitrogens with one attached hydrogen (secondary N) is 1. The lowest BCUT2D eigenvalue weighted by Gasteiger charge is -2.35. The Bertz CT molecular complexity index is 1330. The molecule has 174 valence electrons. The first-order valence-electron chi connectivity index (χ1n) is 11.3. The molecule has 0 radical (unpaired) electrons. The number of carbonyl (C=O) groups excluding carboxylic acids is 2. The molecule has 3 aromatic heterocycles. The zero-order chi connectivity index (χ0) is 23.7. The number of nitrogen functional groups attached to an aromatic ring is 1. The van der Waals surface area contributed by atoms with Crippen LogP contribution in [-0.2, 0) is 6.54 Å². The molecule has 4 aromatic rings. The van der Waals surface area contributed by atoms with Gasteiger partial charge in [-0.1, -0.05) is 12.1 Å². The van der Waals surface area contributed by atoms with Gasteiger partial charge in [-0.2, -0.15) is 5.10 Å². The number of carbonyl (C=O) groups is 2. The van der Waals surface area contributed by atoms with Gasteiger partial charge in [0.25, 0.3) is 11.8 Å². The van der Waals surface area contributed by atoms with Gasteiger partial charge in [0.2, 0.25) is 0 Å². The van der Waals surface area contributed by atoms with Crippen LogP contribution in [0.3, 0.4) is 0 Å². The third-order valence-electron chi connectivity index (χ3n) is 6.26. The maximum absolute atomic E-state index is 13.5. The summed E-state index contributed by atoms with van der Waals surface area (Å²) in [6.07, 6.45) is 6.52. The summed E-state index contributed by atoms with van der Waals surface area (Å²) in [6, 6.07) is 13.4. The van der Waals surface area contributed by atoms with Crippen LogP contribution in [0, 0.1) is 0 Å². The van der Waals surface area contributed by atoms with Crippen molar-refractivity contribution < 1.29 is 9.59 Å². The lowest BCUT2D eigenvalue weighted by Crippen LogP contribution is -2.38. The number of anilines is 1. The van der Waals surface area contributed by atoms with E-state index < -0.39 is 0 Å². The fourth-order valence-corrected chi connectivity index (χ4v) is 5.51. The minimum absolute atomic E-state index is 0.00831. The number of rotatable bonds is 5. The Kier molecular flexibility index (Phi) is 6.02. The first kappa shape index (κ1) is 22.1. The van der Waals surface area contributed by atoms with Crippen molar-refractivity contribution >= 4 is 39.1 Å². The van der Waals surface area contributed by atoms with Gasteiger partial charge in [0.15, 0.2) is 0 Å². The normalized spacial score (nSPS) is 16.0. The van der Waals surface area contributed by atoms with Gasteiger partial charge in [0.1, 0.15) is 9.71 Å². The summed E-state index contributed by atoms with van der Waals surface area (Å²) in [5, 5.41) is 7.63. The molecule has 1 aliphatic rings. The number of amides is 2. The van der Waals surface area contributed by atoms with E-state index in [-0.39, 0.29) is 17.9 Å². The highest BCUT2D eigenvalue weighted by molar-refractivity contribution is 7.21. The first-order valence-corrected chi connectivity index (χ1v) is 12.1. The van der Waals surface area contributed by atoms with Crippen molar-refractivity contribution in [2.75, 3.05) is 19.3 Å². The van der Waals surface area contributed by atoms with E-state index in [4.69, 9.17) is 10.7 Å². The van der Waals surface area contributed by atoms with Crippen LogP contribution in [0.2, 0.25) is 0 Å². The van der Waals surface area contributed by atoms with Gasteiger partial charge < -0.3 is 16.0 Å². The summed E-state index contributed by atoms with van der Waals surface area (Å²) in [5.74, 6) is -0.207. The Hall–Kier alpha value is -3.72. The number of benzene rings is 1. The van der Waals surface area contributed by atoms with Crippen LogP contribution in [0.5, 0.6) is 0 Å².